The lowest BCUT2D eigenvalue weighted by atomic mass is 9.89. The van der Waals surface area contributed by atoms with Crippen LogP contribution in [0, 0.1) is 5.92 Å². The maximum atomic E-state index is 5.68. The maximum absolute atomic E-state index is 5.68. The topological polar surface area (TPSA) is 29.3 Å². The van der Waals surface area contributed by atoms with E-state index in [1.807, 2.05) is 0 Å². The van der Waals surface area contributed by atoms with E-state index >= 15 is 0 Å². The van der Waals surface area contributed by atoms with Crippen molar-refractivity contribution < 1.29 is 0 Å². The molecule has 0 radical (unpaired) electrons. The van der Waals surface area contributed by atoms with Gasteiger partial charge >= 0.3 is 0 Å². The predicted octanol–water partition coefficient (Wildman–Crippen LogP) is 2.46. The van der Waals surface area contributed by atoms with E-state index < -0.39 is 0 Å². The Hall–Kier alpha value is -0.860. The lowest BCUT2D eigenvalue weighted by Crippen LogP contribution is -2.37. The highest BCUT2D eigenvalue weighted by Crippen LogP contribution is 2.27. The average molecular weight is 232 g/mol. The van der Waals surface area contributed by atoms with Gasteiger partial charge in [-0.15, -0.1) is 0 Å². The Balaban J connectivity index is 1.82. The number of nitrogens with zero attached hydrogens (tertiary/aromatic N) is 1. The molecule has 1 heterocycles. The molecule has 0 aliphatic carbocycles. The number of rotatable bonds is 4. The number of piperidine rings is 1. The molecule has 1 atom stereocenters. The van der Waals surface area contributed by atoms with Gasteiger partial charge in [-0.25, -0.2) is 0 Å². The van der Waals surface area contributed by atoms with Crippen LogP contribution in [0.1, 0.15) is 31.2 Å². The summed E-state index contributed by atoms with van der Waals surface area (Å²) in [5, 5.41) is 0. The zero-order valence-corrected chi connectivity index (χ0v) is 10.8. The van der Waals surface area contributed by atoms with E-state index in [1.54, 1.807) is 0 Å². The van der Waals surface area contributed by atoms with Crippen LogP contribution < -0.4 is 5.73 Å². The molecule has 1 aliphatic heterocycles. The summed E-state index contributed by atoms with van der Waals surface area (Å²) in [6, 6.07) is 10.9. The van der Waals surface area contributed by atoms with Crippen LogP contribution in [0.15, 0.2) is 30.3 Å². The molecule has 1 fully saturated rings. The molecule has 0 bridgehead atoms. The van der Waals surface area contributed by atoms with Crippen molar-refractivity contribution in [3.05, 3.63) is 35.9 Å². The van der Waals surface area contributed by atoms with Gasteiger partial charge in [0.1, 0.15) is 0 Å². The summed E-state index contributed by atoms with van der Waals surface area (Å²) in [6.07, 6.45) is 2.59. The molecule has 1 aromatic carbocycles. The number of likely N-dealkylation sites (tertiary alicyclic amines) is 1. The van der Waals surface area contributed by atoms with Crippen LogP contribution in [0.2, 0.25) is 0 Å². The fourth-order valence-electron chi connectivity index (χ4n) is 2.69. The number of benzene rings is 1. The summed E-state index contributed by atoms with van der Waals surface area (Å²) in [4.78, 5) is 2.57. The third-order valence-electron chi connectivity index (χ3n) is 3.83. The van der Waals surface area contributed by atoms with Gasteiger partial charge in [0.05, 0.1) is 0 Å². The molecule has 0 spiro atoms. The first-order valence-electron chi connectivity index (χ1n) is 6.77. The van der Waals surface area contributed by atoms with Gasteiger partial charge in [0.15, 0.2) is 0 Å². The zero-order valence-electron chi connectivity index (χ0n) is 10.8. The standard InChI is InChI=1S/C15H24N2/c1-13(11-16)12-17-9-7-15(8-10-17)14-5-3-2-4-6-14/h2-6,13,15H,7-12,16H2,1H3/t13-/m0/s1. The van der Waals surface area contributed by atoms with E-state index in [1.165, 1.54) is 31.5 Å². The molecular weight excluding hydrogens is 208 g/mol. The second-order valence-corrected chi connectivity index (χ2v) is 5.33. The van der Waals surface area contributed by atoms with Crippen LogP contribution >= 0.6 is 0 Å². The summed E-state index contributed by atoms with van der Waals surface area (Å²) >= 11 is 0. The van der Waals surface area contributed by atoms with Crippen LogP contribution in [-0.4, -0.2) is 31.1 Å². The maximum Gasteiger partial charge on any atom is 0.00191 e. The van der Waals surface area contributed by atoms with Gasteiger partial charge in [-0.3, -0.25) is 0 Å². The smallest absolute Gasteiger partial charge is 0.00191 e. The van der Waals surface area contributed by atoms with E-state index in [0.717, 1.165) is 19.0 Å². The van der Waals surface area contributed by atoms with Crippen molar-refractivity contribution in [2.75, 3.05) is 26.2 Å². The SMILES string of the molecule is C[C@@H](CN)CN1CCC(c2ccccc2)CC1. The van der Waals surface area contributed by atoms with Gasteiger partial charge in [0.25, 0.3) is 0 Å². The summed E-state index contributed by atoms with van der Waals surface area (Å²) in [5.41, 5.74) is 7.19. The normalized spacial score (nSPS) is 20.4. The lowest BCUT2D eigenvalue weighted by molar-refractivity contribution is 0.189. The largest absolute Gasteiger partial charge is 0.330 e. The Bertz CT molecular complexity index is 315. The molecule has 2 rings (SSSR count). The summed E-state index contributed by atoms with van der Waals surface area (Å²) < 4.78 is 0. The van der Waals surface area contributed by atoms with Crippen molar-refractivity contribution in [3.8, 4) is 0 Å². The first kappa shape index (κ1) is 12.6. The summed E-state index contributed by atoms with van der Waals surface area (Å²) in [6.45, 7) is 6.66. The van der Waals surface area contributed by atoms with Gasteiger partial charge < -0.3 is 10.6 Å². The summed E-state index contributed by atoms with van der Waals surface area (Å²) in [7, 11) is 0. The first-order valence-corrected chi connectivity index (χ1v) is 6.77. The van der Waals surface area contributed by atoms with Crippen LogP contribution in [0.3, 0.4) is 0 Å². The Kier molecular flexibility index (Phi) is 4.57. The minimum Gasteiger partial charge on any atom is -0.330 e. The molecule has 94 valence electrons. The molecule has 1 aliphatic rings. The molecule has 1 aromatic rings. The molecule has 1 saturated heterocycles. The highest BCUT2D eigenvalue weighted by Gasteiger charge is 2.20. The lowest BCUT2D eigenvalue weighted by Gasteiger charge is -2.33. The van der Waals surface area contributed by atoms with E-state index in [9.17, 15) is 0 Å². The predicted molar refractivity (Wildman–Crippen MR) is 73.1 cm³/mol. The average Bonchev–Trinajstić information content (AvgIpc) is 2.40. The molecule has 17 heavy (non-hydrogen) atoms. The Morgan fingerprint density at radius 2 is 1.88 bits per heavy atom. The monoisotopic (exact) mass is 232 g/mol. The van der Waals surface area contributed by atoms with E-state index in [-0.39, 0.29) is 0 Å². The van der Waals surface area contributed by atoms with E-state index in [2.05, 4.69) is 42.2 Å². The van der Waals surface area contributed by atoms with Gasteiger partial charge in [-0.1, -0.05) is 37.3 Å². The molecule has 2 heteroatoms. The van der Waals surface area contributed by atoms with Crippen molar-refractivity contribution in [2.45, 2.75) is 25.7 Å². The number of hydrogen-bond donors (Lipinski definition) is 1. The highest BCUT2D eigenvalue weighted by molar-refractivity contribution is 5.19. The van der Waals surface area contributed by atoms with Crippen LogP contribution in [-0.2, 0) is 0 Å². The minimum absolute atomic E-state index is 0.628. The summed E-state index contributed by atoms with van der Waals surface area (Å²) in [5.74, 6) is 1.39. The van der Waals surface area contributed by atoms with Gasteiger partial charge in [-0.05, 0) is 49.9 Å². The second kappa shape index (κ2) is 6.18. The van der Waals surface area contributed by atoms with Crippen molar-refractivity contribution in [1.82, 2.24) is 4.90 Å². The van der Waals surface area contributed by atoms with Crippen molar-refractivity contribution in [2.24, 2.45) is 11.7 Å². The van der Waals surface area contributed by atoms with Crippen LogP contribution in [0.25, 0.3) is 0 Å². The second-order valence-electron chi connectivity index (χ2n) is 5.33. The molecule has 0 saturated carbocycles. The van der Waals surface area contributed by atoms with Crippen molar-refractivity contribution in [1.29, 1.82) is 0 Å². The Labute approximate surface area is 105 Å². The van der Waals surface area contributed by atoms with Gasteiger partial charge in [-0.2, -0.15) is 0 Å². The quantitative estimate of drug-likeness (QED) is 0.864. The molecular formula is C15H24N2. The van der Waals surface area contributed by atoms with Crippen LogP contribution in [0.4, 0.5) is 0 Å². The Morgan fingerprint density at radius 1 is 1.24 bits per heavy atom. The highest BCUT2D eigenvalue weighted by atomic mass is 15.1. The minimum atomic E-state index is 0.628. The first-order chi connectivity index (χ1) is 8.29. The molecule has 2 nitrogen and oxygen atoms in total. The van der Waals surface area contributed by atoms with E-state index in [0.29, 0.717) is 5.92 Å². The van der Waals surface area contributed by atoms with Gasteiger partial charge in [0.2, 0.25) is 0 Å². The van der Waals surface area contributed by atoms with E-state index in [4.69, 9.17) is 5.73 Å². The van der Waals surface area contributed by atoms with Crippen molar-refractivity contribution in [3.63, 3.8) is 0 Å². The molecule has 0 aromatic heterocycles. The molecule has 2 N–H and O–H groups in total. The molecule has 0 amide bonds. The molecule has 0 unspecified atom stereocenters. The Morgan fingerprint density at radius 3 is 2.47 bits per heavy atom. The fraction of sp³-hybridized carbons (Fsp3) is 0.600. The number of hydrogen-bond acceptors (Lipinski definition) is 2. The third kappa shape index (κ3) is 3.55. The zero-order chi connectivity index (χ0) is 12.1. The van der Waals surface area contributed by atoms with Crippen molar-refractivity contribution >= 4 is 0 Å². The fourth-order valence-corrected chi connectivity index (χ4v) is 2.69. The number of nitrogens with two attached hydrogens (primary N) is 1. The van der Waals surface area contributed by atoms with Gasteiger partial charge in [0, 0.05) is 6.54 Å². The third-order valence-corrected chi connectivity index (χ3v) is 3.83. The van der Waals surface area contributed by atoms with Crippen LogP contribution in [0.5, 0.6) is 0 Å².